The van der Waals surface area contributed by atoms with Gasteiger partial charge in [-0.05, 0) is 0 Å². The van der Waals surface area contributed by atoms with E-state index in [4.69, 9.17) is 0 Å². The van der Waals surface area contributed by atoms with Crippen LogP contribution < -0.4 is 10.2 Å². The summed E-state index contributed by atoms with van der Waals surface area (Å²) in [6, 6.07) is 0. The van der Waals surface area contributed by atoms with E-state index in [-0.39, 0.29) is 5.82 Å². The normalized spacial score (nSPS) is 24.8. The Bertz CT molecular complexity index is 391. The Kier molecular flexibility index (Phi) is 3.71. The first-order chi connectivity index (χ1) is 8.10. The molecular formula is C11H17FN4S. The predicted octanol–water partition coefficient (Wildman–Crippen LogP) is 1.99. The minimum atomic E-state index is -0.352. The van der Waals surface area contributed by atoms with E-state index < -0.39 is 0 Å². The lowest BCUT2D eigenvalue weighted by Crippen LogP contribution is -2.41. The minimum Gasteiger partial charge on any atom is -0.357 e. The summed E-state index contributed by atoms with van der Waals surface area (Å²) >= 11 is 1.93. The predicted molar refractivity (Wildman–Crippen MR) is 70.3 cm³/mol. The van der Waals surface area contributed by atoms with Crippen LogP contribution in [0.15, 0.2) is 6.20 Å². The van der Waals surface area contributed by atoms with Crippen molar-refractivity contribution in [3.05, 3.63) is 12.0 Å². The van der Waals surface area contributed by atoms with Crippen LogP contribution >= 0.6 is 11.8 Å². The van der Waals surface area contributed by atoms with Crippen LogP contribution in [-0.2, 0) is 0 Å². The molecular weight excluding hydrogens is 239 g/mol. The number of nitrogens with zero attached hydrogens (tertiary/aromatic N) is 3. The summed E-state index contributed by atoms with van der Waals surface area (Å²) in [7, 11) is 1.73. The lowest BCUT2D eigenvalue weighted by atomic mass is 10.3. The van der Waals surface area contributed by atoms with Crippen molar-refractivity contribution >= 4 is 23.5 Å². The lowest BCUT2D eigenvalue weighted by Gasteiger charge is -2.35. The van der Waals surface area contributed by atoms with Crippen molar-refractivity contribution in [1.29, 1.82) is 0 Å². The van der Waals surface area contributed by atoms with Gasteiger partial charge in [0.2, 0.25) is 5.95 Å². The average Bonchev–Trinajstić information content (AvgIpc) is 2.28. The molecule has 1 N–H and O–H groups in total. The molecule has 1 aliphatic heterocycles. The third-order valence-corrected chi connectivity index (χ3v) is 3.90. The summed E-state index contributed by atoms with van der Waals surface area (Å²) in [5.74, 6) is 0.513. The number of rotatable bonds is 2. The molecule has 2 atom stereocenters. The third-order valence-electron chi connectivity index (χ3n) is 2.67. The maximum absolute atomic E-state index is 13.7. The van der Waals surface area contributed by atoms with Gasteiger partial charge < -0.3 is 10.2 Å². The van der Waals surface area contributed by atoms with Gasteiger partial charge in [-0.1, -0.05) is 13.8 Å². The van der Waals surface area contributed by atoms with Gasteiger partial charge in [0.05, 0.1) is 6.20 Å². The quantitative estimate of drug-likeness (QED) is 0.876. The highest BCUT2D eigenvalue weighted by atomic mass is 32.2. The highest BCUT2D eigenvalue weighted by Gasteiger charge is 2.25. The monoisotopic (exact) mass is 256 g/mol. The number of aromatic nitrogens is 2. The molecule has 2 heterocycles. The highest BCUT2D eigenvalue weighted by Crippen LogP contribution is 2.29. The van der Waals surface area contributed by atoms with Gasteiger partial charge in [-0.25, -0.2) is 9.37 Å². The number of nitrogens with one attached hydrogen (secondary N) is 1. The molecule has 1 fully saturated rings. The van der Waals surface area contributed by atoms with E-state index in [0.717, 1.165) is 13.1 Å². The lowest BCUT2D eigenvalue weighted by molar-refractivity contribution is 0.596. The van der Waals surface area contributed by atoms with Crippen molar-refractivity contribution in [2.75, 3.05) is 30.4 Å². The molecule has 0 saturated carbocycles. The summed E-state index contributed by atoms with van der Waals surface area (Å²) in [5, 5.41) is 3.82. The van der Waals surface area contributed by atoms with Crippen LogP contribution in [-0.4, -0.2) is 40.6 Å². The van der Waals surface area contributed by atoms with Crippen molar-refractivity contribution < 1.29 is 4.39 Å². The Balaban J connectivity index is 2.26. The standard InChI is InChI=1S/C11H17FN4S/c1-7-5-16(6-8(2)17-7)10-9(12)4-14-11(13-3)15-10/h4,7-8H,5-6H2,1-3H3,(H,13,14,15). The van der Waals surface area contributed by atoms with Crippen molar-refractivity contribution in [3.8, 4) is 0 Å². The van der Waals surface area contributed by atoms with Crippen LogP contribution in [0.4, 0.5) is 16.2 Å². The molecule has 1 aliphatic rings. The first-order valence-electron chi connectivity index (χ1n) is 5.71. The maximum Gasteiger partial charge on any atom is 0.224 e. The van der Waals surface area contributed by atoms with E-state index >= 15 is 0 Å². The fourth-order valence-corrected chi connectivity index (χ4v) is 3.38. The molecule has 1 aromatic heterocycles. The van der Waals surface area contributed by atoms with E-state index in [1.54, 1.807) is 7.05 Å². The number of hydrogen-bond acceptors (Lipinski definition) is 5. The molecule has 94 valence electrons. The van der Waals surface area contributed by atoms with Gasteiger partial charge in [-0.15, -0.1) is 0 Å². The Labute approximate surface area is 105 Å². The molecule has 17 heavy (non-hydrogen) atoms. The van der Waals surface area contributed by atoms with Crippen molar-refractivity contribution in [2.45, 2.75) is 24.3 Å². The SMILES string of the molecule is CNc1ncc(F)c(N2CC(C)SC(C)C2)n1. The largest absolute Gasteiger partial charge is 0.357 e. The minimum absolute atomic E-state index is 0.352. The summed E-state index contributed by atoms with van der Waals surface area (Å²) in [6.45, 7) is 5.97. The molecule has 2 rings (SSSR count). The molecule has 0 spiro atoms. The molecule has 1 aromatic rings. The van der Waals surface area contributed by atoms with E-state index in [0.29, 0.717) is 22.3 Å². The van der Waals surface area contributed by atoms with Gasteiger partial charge in [0.1, 0.15) is 0 Å². The van der Waals surface area contributed by atoms with Crippen LogP contribution in [0.5, 0.6) is 0 Å². The van der Waals surface area contributed by atoms with Crippen LogP contribution in [0, 0.1) is 5.82 Å². The number of anilines is 2. The molecule has 6 heteroatoms. The average molecular weight is 256 g/mol. The van der Waals surface area contributed by atoms with Crippen molar-refractivity contribution in [1.82, 2.24) is 9.97 Å². The van der Waals surface area contributed by atoms with E-state index in [2.05, 4.69) is 29.1 Å². The zero-order valence-corrected chi connectivity index (χ0v) is 11.1. The molecule has 0 amide bonds. The van der Waals surface area contributed by atoms with Gasteiger partial charge in [0.25, 0.3) is 0 Å². The fraction of sp³-hybridized carbons (Fsp3) is 0.636. The first-order valence-corrected chi connectivity index (χ1v) is 6.65. The maximum atomic E-state index is 13.7. The third kappa shape index (κ3) is 2.80. The van der Waals surface area contributed by atoms with E-state index in [9.17, 15) is 4.39 Å². The Hall–Kier alpha value is -1.04. The van der Waals surface area contributed by atoms with Gasteiger partial charge in [0, 0.05) is 30.6 Å². The summed E-state index contributed by atoms with van der Waals surface area (Å²) in [6.07, 6.45) is 1.23. The molecule has 0 aliphatic carbocycles. The Morgan fingerprint density at radius 2 is 2.06 bits per heavy atom. The first kappa shape index (κ1) is 12.4. The van der Waals surface area contributed by atoms with Gasteiger partial charge >= 0.3 is 0 Å². The molecule has 0 bridgehead atoms. The second kappa shape index (κ2) is 5.08. The van der Waals surface area contributed by atoms with Crippen LogP contribution in [0.1, 0.15) is 13.8 Å². The summed E-state index contributed by atoms with van der Waals surface area (Å²) in [5.41, 5.74) is 0. The fourth-order valence-electron chi connectivity index (χ4n) is 2.05. The molecule has 0 aromatic carbocycles. The highest BCUT2D eigenvalue weighted by molar-refractivity contribution is 8.00. The van der Waals surface area contributed by atoms with Crippen LogP contribution in [0.2, 0.25) is 0 Å². The van der Waals surface area contributed by atoms with Crippen molar-refractivity contribution in [3.63, 3.8) is 0 Å². The Morgan fingerprint density at radius 1 is 1.41 bits per heavy atom. The number of hydrogen-bond donors (Lipinski definition) is 1. The molecule has 2 unspecified atom stereocenters. The second-order valence-electron chi connectivity index (χ2n) is 4.28. The van der Waals surface area contributed by atoms with Gasteiger partial charge in [0.15, 0.2) is 11.6 Å². The summed E-state index contributed by atoms with van der Waals surface area (Å²) in [4.78, 5) is 10.1. The topological polar surface area (TPSA) is 41.1 Å². The molecule has 0 radical (unpaired) electrons. The van der Waals surface area contributed by atoms with Gasteiger partial charge in [-0.3, -0.25) is 0 Å². The van der Waals surface area contributed by atoms with E-state index in [1.807, 2.05) is 16.7 Å². The molecule has 1 saturated heterocycles. The number of halogens is 1. The Morgan fingerprint density at radius 3 is 2.65 bits per heavy atom. The van der Waals surface area contributed by atoms with E-state index in [1.165, 1.54) is 6.20 Å². The van der Waals surface area contributed by atoms with Crippen LogP contribution in [0.25, 0.3) is 0 Å². The zero-order chi connectivity index (χ0) is 12.4. The zero-order valence-electron chi connectivity index (χ0n) is 10.3. The number of thioether (sulfide) groups is 1. The smallest absolute Gasteiger partial charge is 0.224 e. The van der Waals surface area contributed by atoms with Crippen LogP contribution in [0.3, 0.4) is 0 Å². The summed E-state index contributed by atoms with van der Waals surface area (Å²) < 4.78 is 13.7. The van der Waals surface area contributed by atoms with Gasteiger partial charge in [-0.2, -0.15) is 16.7 Å². The molecule has 4 nitrogen and oxygen atoms in total. The van der Waals surface area contributed by atoms with Crippen molar-refractivity contribution in [2.24, 2.45) is 0 Å². The second-order valence-corrected chi connectivity index (χ2v) is 6.16.